The molecule has 0 unspecified atom stereocenters. The van der Waals surface area contributed by atoms with E-state index in [1.54, 1.807) is 23.9 Å². The molecule has 0 aliphatic heterocycles. The van der Waals surface area contributed by atoms with Crippen molar-refractivity contribution in [2.24, 2.45) is 0 Å². The first kappa shape index (κ1) is 12.7. The lowest BCUT2D eigenvalue weighted by Gasteiger charge is -2.10. The second-order valence-electron chi connectivity index (χ2n) is 4.45. The molecule has 0 amide bonds. The Morgan fingerprint density at radius 3 is 2.80 bits per heavy atom. The third-order valence-corrected chi connectivity index (χ3v) is 3.34. The number of pyridine rings is 1. The first-order valence-electron chi connectivity index (χ1n) is 6.04. The van der Waals surface area contributed by atoms with Gasteiger partial charge in [0, 0.05) is 6.20 Å². The van der Waals surface area contributed by atoms with E-state index in [0.29, 0.717) is 22.1 Å². The number of halogens is 1. The topological polar surface area (TPSA) is 66.0 Å². The number of nitrogens with two attached hydrogens (primary N) is 1. The van der Waals surface area contributed by atoms with Crippen molar-refractivity contribution >= 4 is 28.7 Å². The Labute approximate surface area is 121 Å². The van der Waals surface area contributed by atoms with E-state index in [2.05, 4.69) is 9.97 Å². The quantitative estimate of drug-likeness (QED) is 0.787. The van der Waals surface area contributed by atoms with E-state index in [0.717, 1.165) is 17.0 Å². The molecule has 0 saturated carbocycles. The van der Waals surface area contributed by atoms with Crippen LogP contribution < -0.4 is 10.5 Å². The predicted molar refractivity (Wildman–Crippen MR) is 79.6 cm³/mol. The maximum absolute atomic E-state index is 6.01. The van der Waals surface area contributed by atoms with Gasteiger partial charge < -0.3 is 10.5 Å². The second-order valence-corrected chi connectivity index (χ2v) is 4.89. The summed E-state index contributed by atoms with van der Waals surface area (Å²) in [5.41, 5.74) is 9.30. The smallest absolute Gasteiger partial charge is 0.207 e. The van der Waals surface area contributed by atoms with E-state index in [-0.39, 0.29) is 0 Å². The summed E-state index contributed by atoms with van der Waals surface area (Å²) < 4.78 is 7.02. The summed E-state index contributed by atoms with van der Waals surface area (Å²) in [6, 6.07) is 7.50. The Kier molecular flexibility index (Phi) is 2.99. The monoisotopic (exact) mass is 288 g/mol. The number of aromatic nitrogens is 3. The van der Waals surface area contributed by atoms with Crippen LogP contribution >= 0.6 is 11.6 Å². The number of aryl methyl sites for hydroxylation is 1. The van der Waals surface area contributed by atoms with Gasteiger partial charge in [-0.15, -0.1) is 0 Å². The van der Waals surface area contributed by atoms with Gasteiger partial charge in [0.2, 0.25) is 5.95 Å². The molecule has 6 heteroatoms. The summed E-state index contributed by atoms with van der Waals surface area (Å²) in [7, 11) is 1.64. The largest absolute Gasteiger partial charge is 0.497 e. The van der Waals surface area contributed by atoms with E-state index < -0.39 is 0 Å². The summed E-state index contributed by atoms with van der Waals surface area (Å²) in [5.74, 6) is 1.17. The number of ether oxygens (including phenoxy) is 1. The zero-order chi connectivity index (χ0) is 14.3. The van der Waals surface area contributed by atoms with Gasteiger partial charge in [0.05, 0.1) is 17.8 Å². The van der Waals surface area contributed by atoms with Crippen molar-refractivity contribution in [3.8, 4) is 11.4 Å². The van der Waals surface area contributed by atoms with E-state index in [1.165, 1.54) is 0 Å². The lowest BCUT2D eigenvalue weighted by molar-refractivity contribution is 0.414. The van der Waals surface area contributed by atoms with Gasteiger partial charge in [-0.2, -0.15) is 0 Å². The van der Waals surface area contributed by atoms with E-state index in [1.807, 2.05) is 25.1 Å². The van der Waals surface area contributed by atoms with Gasteiger partial charge in [-0.25, -0.2) is 9.97 Å². The molecule has 0 aliphatic carbocycles. The molecule has 0 atom stereocenters. The first-order valence-corrected chi connectivity index (χ1v) is 6.42. The molecule has 102 valence electrons. The molecule has 2 aromatic heterocycles. The number of hydrogen-bond acceptors (Lipinski definition) is 4. The third-order valence-electron chi connectivity index (χ3n) is 3.13. The molecular weight excluding hydrogens is 276 g/mol. The molecule has 2 N–H and O–H groups in total. The highest BCUT2D eigenvalue weighted by Crippen LogP contribution is 2.27. The van der Waals surface area contributed by atoms with Crippen LogP contribution in [0.25, 0.3) is 16.9 Å². The lowest BCUT2D eigenvalue weighted by Crippen LogP contribution is -2.03. The van der Waals surface area contributed by atoms with Gasteiger partial charge >= 0.3 is 0 Å². The highest BCUT2D eigenvalue weighted by molar-refractivity contribution is 6.31. The minimum absolute atomic E-state index is 0.378. The zero-order valence-electron chi connectivity index (χ0n) is 11.1. The molecule has 1 aromatic carbocycles. The first-order chi connectivity index (χ1) is 9.60. The molecule has 20 heavy (non-hydrogen) atoms. The molecule has 0 bridgehead atoms. The van der Waals surface area contributed by atoms with Crippen molar-refractivity contribution in [1.29, 1.82) is 0 Å². The number of imidazole rings is 1. The number of fused-ring (bicyclic) bond motifs is 1. The number of hydrogen-bond donors (Lipinski definition) is 1. The highest BCUT2D eigenvalue weighted by Gasteiger charge is 2.13. The molecule has 3 rings (SSSR count). The standard InChI is InChI=1S/C14H13ClN4O/c1-8-5-10(20-2)3-4-12(8)19-13-11(18-14(19)16)6-9(15)7-17-13/h3-7H,1-2H3,(H2,16,18). The SMILES string of the molecule is COc1ccc(-n2c(N)nc3cc(Cl)cnc32)c(C)c1. The minimum Gasteiger partial charge on any atom is -0.497 e. The van der Waals surface area contributed by atoms with E-state index in [9.17, 15) is 0 Å². The van der Waals surface area contributed by atoms with Crippen LogP contribution in [-0.4, -0.2) is 21.6 Å². The van der Waals surface area contributed by atoms with Crippen LogP contribution in [0.4, 0.5) is 5.95 Å². The Morgan fingerprint density at radius 2 is 2.10 bits per heavy atom. The Bertz CT molecular complexity index is 797. The lowest BCUT2D eigenvalue weighted by atomic mass is 10.2. The van der Waals surface area contributed by atoms with Crippen molar-refractivity contribution < 1.29 is 4.74 Å². The Balaban J connectivity index is 2.26. The number of nitrogens with zero attached hydrogens (tertiary/aromatic N) is 3. The van der Waals surface area contributed by atoms with Gasteiger partial charge in [0.1, 0.15) is 11.3 Å². The van der Waals surface area contributed by atoms with Crippen LogP contribution in [0.2, 0.25) is 5.02 Å². The number of nitrogen functional groups attached to an aromatic ring is 1. The average Bonchev–Trinajstić information content (AvgIpc) is 2.73. The molecule has 2 heterocycles. The Hall–Kier alpha value is -2.27. The summed E-state index contributed by atoms with van der Waals surface area (Å²) in [5, 5.41) is 0.536. The van der Waals surface area contributed by atoms with Crippen molar-refractivity contribution in [3.63, 3.8) is 0 Å². The van der Waals surface area contributed by atoms with Crippen molar-refractivity contribution in [2.45, 2.75) is 6.92 Å². The van der Waals surface area contributed by atoms with Crippen LogP contribution in [0.3, 0.4) is 0 Å². The molecule has 5 nitrogen and oxygen atoms in total. The van der Waals surface area contributed by atoms with Crippen molar-refractivity contribution in [2.75, 3.05) is 12.8 Å². The number of rotatable bonds is 2. The summed E-state index contributed by atoms with van der Waals surface area (Å²) >= 11 is 5.93. The maximum Gasteiger partial charge on any atom is 0.207 e. The molecule has 0 radical (unpaired) electrons. The average molecular weight is 289 g/mol. The fourth-order valence-corrected chi connectivity index (χ4v) is 2.35. The van der Waals surface area contributed by atoms with Gasteiger partial charge in [-0.3, -0.25) is 4.57 Å². The number of methoxy groups -OCH3 is 1. The van der Waals surface area contributed by atoms with Crippen LogP contribution in [0, 0.1) is 6.92 Å². The summed E-state index contributed by atoms with van der Waals surface area (Å²) in [4.78, 5) is 8.62. The minimum atomic E-state index is 0.378. The van der Waals surface area contributed by atoms with Gasteiger partial charge in [0.25, 0.3) is 0 Å². The molecule has 0 saturated heterocycles. The van der Waals surface area contributed by atoms with Gasteiger partial charge in [-0.1, -0.05) is 11.6 Å². The second kappa shape index (κ2) is 4.68. The predicted octanol–water partition coefficient (Wildman–Crippen LogP) is 2.97. The fourth-order valence-electron chi connectivity index (χ4n) is 2.20. The normalized spacial score (nSPS) is 10.9. The molecule has 0 fully saturated rings. The van der Waals surface area contributed by atoms with Gasteiger partial charge in [0.15, 0.2) is 5.65 Å². The molecule has 3 aromatic rings. The number of benzene rings is 1. The summed E-state index contributed by atoms with van der Waals surface area (Å²) in [6.45, 7) is 1.99. The van der Waals surface area contributed by atoms with E-state index >= 15 is 0 Å². The van der Waals surface area contributed by atoms with Crippen LogP contribution in [0.1, 0.15) is 5.56 Å². The summed E-state index contributed by atoms with van der Waals surface area (Å²) in [6.07, 6.45) is 1.58. The zero-order valence-corrected chi connectivity index (χ0v) is 11.8. The van der Waals surface area contributed by atoms with Crippen molar-refractivity contribution in [3.05, 3.63) is 41.0 Å². The highest BCUT2D eigenvalue weighted by atomic mass is 35.5. The molecular formula is C14H13ClN4O. The maximum atomic E-state index is 6.01. The van der Waals surface area contributed by atoms with Crippen LogP contribution in [0.15, 0.2) is 30.5 Å². The van der Waals surface area contributed by atoms with E-state index in [4.69, 9.17) is 22.1 Å². The van der Waals surface area contributed by atoms with Crippen LogP contribution in [-0.2, 0) is 0 Å². The third kappa shape index (κ3) is 1.96. The fraction of sp³-hybridized carbons (Fsp3) is 0.143. The molecule has 0 spiro atoms. The van der Waals surface area contributed by atoms with Crippen molar-refractivity contribution in [1.82, 2.24) is 14.5 Å². The Morgan fingerprint density at radius 1 is 1.30 bits per heavy atom. The van der Waals surface area contributed by atoms with Crippen LogP contribution in [0.5, 0.6) is 5.75 Å². The van der Waals surface area contributed by atoms with Gasteiger partial charge in [-0.05, 0) is 36.8 Å². The number of anilines is 1. The molecule has 0 aliphatic rings.